The topological polar surface area (TPSA) is 47.3 Å². The summed E-state index contributed by atoms with van der Waals surface area (Å²) in [7, 11) is 1.46. The van der Waals surface area contributed by atoms with Crippen LogP contribution < -0.4 is 4.74 Å². The Bertz CT molecular complexity index is 569. The van der Waals surface area contributed by atoms with Crippen molar-refractivity contribution in [2.75, 3.05) is 7.11 Å². The van der Waals surface area contributed by atoms with Crippen LogP contribution in [0.2, 0.25) is 0 Å². The lowest BCUT2D eigenvalue weighted by Crippen LogP contribution is -2.11. The van der Waals surface area contributed by atoms with Gasteiger partial charge in [0.25, 0.3) is 0 Å². The second-order valence-electron chi connectivity index (χ2n) is 4.61. The van der Waals surface area contributed by atoms with Crippen molar-refractivity contribution in [3.63, 3.8) is 0 Å². The first kappa shape index (κ1) is 14.5. The predicted octanol–water partition coefficient (Wildman–Crippen LogP) is 2.72. The maximum atomic E-state index is 13.9. The number of nitrogens with zero attached hydrogens (tertiary/aromatic N) is 2. The Morgan fingerprint density at radius 2 is 2.25 bits per heavy atom. The van der Waals surface area contributed by atoms with Gasteiger partial charge in [0.15, 0.2) is 0 Å². The molecule has 0 saturated heterocycles. The van der Waals surface area contributed by atoms with Crippen molar-refractivity contribution >= 4 is 0 Å². The molecule has 2 rings (SSSR count). The van der Waals surface area contributed by atoms with Crippen molar-refractivity contribution in [3.05, 3.63) is 47.8 Å². The summed E-state index contributed by atoms with van der Waals surface area (Å²) >= 11 is 0. The molecule has 1 atom stereocenters. The van der Waals surface area contributed by atoms with Crippen molar-refractivity contribution in [2.45, 2.75) is 32.4 Å². The number of ether oxygens (including phenoxy) is 1. The van der Waals surface area contributed by atoms with E-state index in [9.17, 15) is 9.50 Å². The third-order valence-electron chi connectivity index (χ3n) is 3.21. The highest BCUT2D eigenvalue weighted by Gasteiger charge is 2.20. The van der Waals surface area contributed by atoms with Gasteiger partial charge in [0.05, 0.1) is 18.8 Å². The molecule has 1 unspecified atom stereocenters. The molecule has 0 spiro atoms. The van der Waals surface area contributed by atoms with Crippen LogP contribution in [0, 0.1) is 5.82 Å². The van der Waals surface area contributed by atoms with Crippen LogP contribution in [0.25, 0.3) is 0 Å². The lowest BCUT2D eigenvalue weighted by atomic mass is 10.0. The Balaban J connectivity index is 2.24. The van der Waals surface area contributed by atoms with E-state index in [4.69, 9.17) is 4.74 Å². The summed E-state index contributed by atoms with van der Waals surface area (Å²) in [6.07, 6.45) is 3.80. The standard InChI is InChI=1S/C15H19FN2O2/c1-3-8-18-9-7-17-14(18)10-12(19)15-11(16)5-4-6-13(15)20-2/h4-7,9,12,19H,3,8,10H2,1-2H3. The fraction of sp³-hybridized carbons (Fsp3) is 0.400. The summed E-state index contributed by atoms with van der Waals surface area (Å²) in [6, 6.07) is 4.52. The molecule has 20 heavy (non-hydrogen) atoms. The highest BCUT2D eigenvalue weighted by molar-refractivity contribution is 5.36. The fourth-order valence-electron chi connectivity index (χ4n) is 2.27. The van der Waals surface area contributed by atoms with Gasteiger partial charge in [-0.1, -0.05) is 13.0 Å². The molecule has 1 N–H and O–H groups in total. The maximum absolute atomic E-state index is 13.9. The highest BCUT2D eigenvalue weighted by atomic mass is 19.1. The molecule has 0 aliphatic rings. The number of rotatable bonds is 6. The zero-order chi connectivity index (χ0) is 14.5. The summed E-state index contributed by atoms with van der Waals surface area (Å²) in [5, 5.41) is 10.3. The zero-order valence-electron chi connectivity index (χ0n) is 11.7. The van der Waals surface area contributed by atoms with Gasteiger partial charge in [-0.2, -0.15) is 0 Å². The van der Waals surface area contributed by atoms with Crippen molar-refractivity contribution < 1.29 is 14.2 Å². The van der Waals surface area contributed by atoms with E-state index < -0.39 is 11.9 Å². The average molecular weight is 278 g/mol. The Kier molecular flexibility index (Phi) is 4.74. The van der Waals surface area contributed by atoms with E-state index in [0.717, 1.165) is 18.8 Å². The van der Waals surface area contributed by atoms with E-state index in [-0.39, 0.29) is 12.0 Å². The van der Waals surface area contributed by atoms with Gasteiger partial charge < -0.3 is 14.4 Å². The molecule has 0 fully saturated rings. The Labute approximate surface area is 117 Å². The average Bonchev–Trinajstić information content (AvgIpc) is 2.86. The molecular formula is C15H19FN2O2. The van der Waals surface area contributed by atoms with Crippen LogP contribution in [0.4, 0.5) is 4.39 Å². The summed E-state index contributed by atoms with van der Waals surface area (Å²) in [6.45, 7) is 2.90. The second-order valence-corrected chi connectivity index (χ2v) is 4.61. The number of aliphatic hydroxyl groups excluding tert-OH is 1. The Hall–Kier alpha value is -1.88. The van der Waals surface area contributed by atoms with Crippen molar-refractivity contribution in [1.29, 1.82) is 0 Å². The molecule has 1 heterocycles. The molecule has 2 aromatic rings. The van der Waals surface area contributed by atoms with Gasteiger partial charge in [0, 0.05) is 25.4 Å². The normalized spacial score (nSPS) is 12.4. The summed E-state index contributed by atoms with van der Waals surface area (Å²) in [5.41, 5.74) is 0.182. The van der Waals surface area contributed by atoms with Crippen LogP contribution in [-0.2, 0) is 13.0 Å². The van der Waals surface area contributed by atoms with Gasteiger partial charge in [-0.15, -0.1) is 0 Å². The van der Waals surface area contributed by atoms with Crippen LogP contribution >= 0.6 is 0 Å². The summed E-state index contributed by atoms with van der Waals surface area (Å²) in [4.78, 5) is 4.23. The molecule has 1 aromatic heterocycles. The van der Waals surface area contributed by atoms with Gasteiger partial charge >= 0.3 is 0 Å². The number of hydrogen-bond acceptors (Lipinski definition) is 3. The lowest BCUT2D eigenvalue weighted by Gasteiger charge is -2.16. The highest BCUT2D eigenvalue weighted by Crippen LogP contribution is 2.29. The molecule has 0 amide bonds. The van der Waals surface area contributed by atoms with Gasteiger partial charge in [-0.05, 0) is 18.6 Å². The number of aromatic nitrogens is 2. The molecule has 0 bridgehead atoms. The molecule has 4 nitrogen and oxygen atoms in total. The molecule has 0 saturated carbocycles. The predicted molar refractivity (Wildman–Crippen MR) is 74.1 cm³/mol. The smallest absolute Gasteiger partial charge is 0.132 e. The number of halogens is 1. The SMILES string of the molecule is CCCn1ccnc1CC(O)c1c(F)cccc1OC. The van der Waals surface area contributed by atoms with Gasteiger partial charge in [0.2, 0.25) is 0 Å². The number of aliphatic hydroxyl groups is 1. The number of imidazole rings is 1. The quantitative estimate of drug-likeness (QED) is 0.883. The van der Waals surface area contributed by atoms with E-state index in [1.807, 2.05) is 10.8 Å². The van der Waals surface area contributed by atoms with E-state index in [2.05, 4.69) is 11.9 Å². The van der Waals surface area contributed by atoms with Crippen molar-refractivity contribution in [3.8, 4) is 5.75 Å². The zero-order valence-corrected chi connectivity index (χ0v) is 11.7. The summed E-state index contributed by atoms with van der Waals surface area (Å²) in [5.74, 6) is 0.626. The number of aryl methyl sites for hydroxylation is 1. The minimum absolute atomic E-state index is 0.182. The first-order valence-corrected chi connectivity index (χ1v) is 6.67. The third-order valence-corrected chi connectivity index (χ3v) is 3.21. The second kappa shape index (κ2) is 6.52. The number of hydrogen-bond donors (Lipinski definition) is 1. The molecule has 1 aromatic carbocycles. The minimum Gasteiger partial charge on any atom is -0.496 e. The molecular weight excluding hydrogens is 259 g/mol. The minimum atomic E-state index is -0.982. The van der Waals surface area contributed by atoms with Gasteiger partial charge in [-0.3, -0.25) is 0 Å². The first-order chi connectivity index (χ1) is 9.67. The van der Waals surface area contributed by atoms with Crippen LogP contribution in [0.1, 0.15) is 30.8 Å². The van der Waals surface area contributed by atoms with Gasteiger partial charge in [-0.25, -0.2) is 9.37 Å². The molecule has 108 valence electrons. The lowest BCUT2D eigenvalue weighted by molar-refractivity contribution is 0.165. The number of methoxy groups -OCH3 is 1. The Morgan fingerprint density at radius 3 is 2.95 bits per heavy atom. The molecule has 0 aliphatic heterocycles. The van der Waals surface area contributed by atoms with Crippen LogP contribution in [0.3, 0.4) is 0 Å². The van der Waals surface area contributed by atoms with E-state index in [1.54, 1.807) is 18.3 Å². The summed E-state index contributed by atoms with van der Waals surface area (Å²) < 4.78 is 21.0. The molecule has 0 aliphatic carbocycles. The van der Waals surface area contributed by atoms with E-state index >= 15 is 0 Å². The van der Waals surface area contributed by atoms with Crippen LogP contribution in [0.5, 0.6) is 5.75 Å². The Morgan fingerprint density at radius 1 is 1.45 bits per heavy atom. The van der Waals surface area contributed by atoms with Crippen LogP contribution in [-0.4, -0.2) is 21.8 Å². The molecule has 5 heteroatoms. The fourth-order valence-corrected chi connectivity index (χ4v) is 2.27. The van der Waals surface area contributed by atoms with E-state index in [0.29, 0.717) is 5.75 Å². The number of benzene rings is 1. The third kappa shape index (κ3) is 2.99. The largest absolute Gasteiger partial charge is 0.496 e. The van der Waals surface area contributed by atoms with E-state index in [1.165, 1.54) is 13.2 Å². The van der Waals surface area contributed by atoms with Crippen molar-refractivity contribution in [2.24, 2.45) is 0 Å². The first-order valence-electron chi connectivity index (χ1n) is 6.67. The van der Waals surface area contributed by atoms with Crippen LogP contribution in [0.15, 0.2) is 30.6 Å². The monoisotopic (exact) mass is 278 g/mol. The van der Waals surface area contributed by atoms with Crippen molar-refractivity contribution in [1.82, 2.24) is 9.55 Å². The van der Waals surface area contributed by atoms with Gasteiger partial charge in [0.1, 0.15) is 17.4 Å². The molecule has 0 radical (unpaired) electrons. The maximum Gasteiger partial charge on any atom is 0.132 e.